The van der Waals surface area contributed by atoms with Crippen molar-refractivity contribution in [2.24, 2.45) is 0 Å². The van der Waals surface area contributed by atoms with Gasteiger partial charge < -0.3 is 4.74 Å². The van der Waals surface area contributed by atoms with Gasteiger partial charge in [-0.3, -0.25) is 4.79 Å². The molecule has 0 saturated carbocycles. The number of hydrogen-bond donors (Lipinski definition) is 0. The van der Waals surface area contributed by atoms with Gasteiger partial charge in [0.2, 0.25) is 0 Å². The first-order valence-corrected chi connectivity index (χ1v) is 6.26. The summed E-state index contributed by atoms with van der Waals surface area (Å²) in [7, 11) is 0. The number of aryl methyl sites for hydroxylation is 1. The highest BCUT2D eigenvalue weighted by Crippen LogP contribution is 2.18. The second kappa shape index (κ2) is 7.08. The molecular weight excluding hydrogens is 282 g/mol. The molecule has 1 aromatic rings. The number of nitrogens with zero attached hydrogens (tertiary/aromatic N) is 1. The van der Waals surface area contributed by atoms with Crippen molar-refractivity contribution in [1.29, 1.82) is 5.26 Å². The Morgan fingerprint density at radius 3 is 2.88 bits per heavy atom. The van der Waals surface area contributed by atoms with Crippen molar-refractivity contribution in [3.63, 3.8) is 0 Å². The molecule has 0 radical (unpaired) electrons. The van der Waals surface area contributed by atoms with Crippen LogP contribution in [-0.4, -0.2) is 12.6 Å². The second-order valence-corrected chi connectivity index (χ2v) is 4.47. The molecule has 3 nitrogen and oxygen atoms in total. The minimum atomic E-state index is -0.196. The van der Waals surface area contributed by atoms with E-state index in [0.29, 0.717) is 25.9 Å². The summed E-state index contributed by atoms with van der Waals surface area (Å²) in [5.74, 6) is -0.196. The standard InChI is InChI=1S/C13H14BrNO2/c1-2-17-13(16)6-4-10-3-5-12(14)9-11(10)7-8-15/h3,5,9H,2,4,6-7H2,1H3. The Labute approximate surface area is 110 Å². The molecule has 0 aliphatic rings. The fourth-order valence-corrected chi connectivity index (χ4v) is 1.97. The van der Waals surface area contributed by atoms with Crippen LogP contribution in [0.3, 0.4) is 0 Å². The SMILES string of the molecule is CCOC(=O)CCc1ccc(Br)cc1CC#N. The normalized spacial score (nSPS) is 9.71. The van der Waals surface area contributed by atoms with E-state index in [1.807, 2.05) is 18.2 Å². The third kappa shape index (κ3) is 4.58. The van der Waals surface area contributed by atoms with E-state index in [0.717, 1.165) is 15.6 Å². The Kier molecular flexibility index (Phi) is 5.71. The lowest BCUT2D eigenvalue weighted by Gasteiger charge is -2.07. The number of rotatable bonds is 5. The Morgan fingerprint density at radius 2 is 2.24 bits per heavy atom. The van der Waals surface area contributed by atoms with Crippen LogP contribution in [0.4, 0.5) is 0 Å². The van der Waals surface area contributed by atoms with Gasteiger partial charge in [-0.2, -0.15) is 5.26 Å². The smallest absolute Gasteiger partial charge is 0.306 e. The van der Waals surface area contributed by atoms with Crippen molar-refractivity contribution in [2.75, 3.05) is 6.61 Å². The predicted octanol–water partition coefficient (Wildman–Crippen LogP) is 3.01. The molecule has 4 heteroatoms. The van der Waals surface area contributed by atoms with Gasteiger partial charge in [-0.15, -0.1) is 0 Å². The number of halogens is 1. The van der Waals surface area contributed by atoms with E-state index < -0.39 is 0 Å². The van der Waals surface area contributed by atoms with Gasteiger partial charge in [0.15, 0.2) is 0 Å². The van der Waals surface area contributed by atoms with Crippen LogP contribution < -0.4 is 0 Å². The average molecular weight is 296 g/mol. The largest absolute Gasteiger partial charge is 0.466 e. The second-order valence-electron chi connectivity index (χ2n) is 3.55. The molecule has 0 N–H and O–H groups in total. The quantitative estimate of drug-likeness (QED) is 0.785. The van der Waals surface area contributed by atoms with Gasteiger partial charge in [-0.1, -0.05) is 22.0 Å². The molecule has 0 fully saturated rings. The van der Waals surface area contributed by atoms with Gasteiger partial charge in [0.1, 0.15) is 0 Å². The molecule has 0 heterocycles. The highest BCUT2D eigenvalue weighted by molar-refractivity contribution is 9.10. The molecular formula is C13H14BrNO2. The van der Waals surface area contributed by atoms with Crippen LogP contribution in [0.1, 0.15) is 24.5 Å². The van der Waals surface area contributed by atoms with Gasteiger partial charge in [0, 0.05) is 10.9 Å². The maximum atomic E-state index is 11.3. The molecule has 0 spiro atoms. The Hall–Kier alpha value is -1.34. The lowest BCUT2D eigenvalue weighted by molar-refractivity contribution is -0.143. The lowest BCUT2D eigenvalue weighted by Crippen LogP contribution is -2.06. The monoisotopic (exact) mass is 295 g/mol. The van der Waals surface area contributed by atoms with E-state index in [9.17, 15) is 4.79 Å². The van der Waals surface area contributed by atoms with Crippen molar-refractivity contribution in [2.45, 2.75) is 26.2 Å². The summed E-state index contributed by atoms with van der Waals surface area (Å²) in [6, 6.07) is 7.91. The fourth-order valence-electron chi connectivity index (χ4n) is 1.56. The minimum absolute atomic E-state index is 0.196. The number of carbonyl (C=O) groups excluding carboxylic acids is 1. The van der Waals surface area contributed by atoms with Gasteiger partial charge in [-0.05, 0) is 36.6 Å². The highest BCUT2D eigenvalue weighted by Gasteiger charge is 2.07. The molecule has 0 saturated heterocycles. The summed E-state index contributed by atoms with van der Waals surface area (Å²) in [6.07, 6.45) is 1.33. The van der Waals surface area contributed by atoms with Gasteiger partial charge >= 0.3 is 5.97 Å². The fraction of sp³-hybridized carbons (Fsp3) is 0.385. The number of benzene rings is 1. The number of esters is 1. The van der Waals surface area contributed by atoms with Crippen molar-refractivity contribution >= 4 is 21.9 Å². The van der Waals surface area contributed by atoms with Gasteiger partial charge in [-0.25, -0.2) is 0 Å². The molecule has 0 atom stereocenters. The number of ether oxygens (including phenoxy) is 1. The first kappa shape index (κ1) is 13.7. The van der Waals surface area contributed by atoms with Crippen LogP contribution in [-0.2, 0) is 22.4 Å². The maximum Gasteiger partial charge on any atom is 0.306 e. The Morgan fingerprint density at radius 1 is 1.47 bits per heavy atom. The van der Waals surface area contributed by atoms with E-state index in [4.69, 9.17) is 10.00 Å². The minimum Gasteiger partial charge on any atom is -0.466 e. The molecule has 0 unspecified atom stereocenters. The third-order valence-corrected chi connectivity index (χ3v) is 2.83. The summed E-state index contributed by atoms with van der Waals surface area (Å²) < 4.78 is 5.82. The average Bonchev–Trinajstić information content (AvgIpc) is 2.29. The van der Waals surface area contributed by atoms with Crippen LogP contribution in [0.2, 0.25) is 0 Å². The van der Waals surface area contributed by atoms with Crippen molar-refractivity contribution in [3.05, 3.63) is 33.8 Å². The number of carbonyl (C=O) groups is 1. The van der Waals surface area contributed by atoms with Crippen LogP contribution in [0.15, 0.2) is 22.7 Å². The van der Waals surface area contributed by atoms with Gasteiger partial charge in [0.25, 0.3) is 0 Å². The Bertz CT molecular complexity index is 438. The van der Waals surface area contributed by atoms with Crippen molar-refractivity contribution in [1.82, 2.24) is 0 Å². The first-order valence-electron chi connectivity index (χ1n) is 5.47. The van der Waals surface area contributed by atoms with Crippen LogP contribution in [0, 0.1) is 11.3 Å². The number of hydrogen-bond acceptors (Lipinski definition) is 3. The molecule has 0 bridgehead atoms. The molecule has 1 aromatic carbocycles. The zero-order valence-corrected chi connectivity index (χ0v) is 11.3. The zero-order chi connectivity index (χ0) is 12.7. The number of nitriles is 1. The Balaban J connectivity index is 2.70. The first-order chi connectivity index (χ1) is 8.17. The molecule has 17 heavy (non-hydrogen) atoms. The van der Waals surface area contributed by atoms with Crippen LogP contribution >= 0.6 is 15.9 Å². The van der Waals surface area contributed by atoms with Crippen molar-refractivity contribution < 1.29 is 9.53 Å². The van der Waals surface area contributed by atoms with E-state index in [-0.39, 0.29) is 5.97 Å². The zero-order valence-electron chi connectivity index (χ0n) is 9.70. The maximum absolute atomic E-state index is 11.3. The van der Waals surface area contributed by atoms with E-state index >= 15 is 0 Å². The summed E-state index contributed by atoms with van der Waals surface area (Å²) in [4.78, 5) is 11.3. The molecule has 0 aliphatic heterocycles. The summed E-state index contributed by atoms with van der Waals surface area (Å²) >= 11 is 3.37. The predicted molar refractivity (Wildman–Crippen MR) is 68.4 cm³/mol. The highest BCUT2D eigenvalue weighted by atomic mass is 79.9. The van der Waals surface area contributed by atoms with E-state index in [1.54, 1.807) is 6.92 Å². The summed E-state index contributed by atoms with van der Waals surface area (Å²) in [6.45, 7) is 2.20. The lowest BCUT2D eigenvalue weighted by atomic mass is 10.0. The van der Waals surface area contributed by atoms with Crippen LogP contribution in [0.5, 0.6) is 0 Å². The van der Waals surface area contributed by atoms with E-state index in [2.05, 4.69) is 22.0 Å². The summed E-state index contributed by atoms with van der Waals surface area (Å²) in [5, 5.41) is 8.74. The molecule has 90 valence electrons. The third-order valence-electron chi connectivity index (χ3n) is 2.34. The molecule has 0 amide bonds. The molecule has 1 rings (SSSR count). The van der Waals surface area contributed by atoms with Crippen LogP contribution in [0.25, 0.3) is 0 Å². The van der Waals surface area contributed by atoms with Crippen molar-refractivity contribution in [3.8, 4) is 6.07 Å². The van der Waals surface area contributed by atoms with E-state index in [1.165, 1.54) is 0 Å². The van der Waals surface area contributed by atoms with Gasteiger partial charge in [0.05, 0.1) is 19.1 Å². The molecule has 0 aliphatic carbocycles. The molecule has 0 aromatic heterocycles. The topological polar surface area (TPSA) is 50.1 Å². The summed E-state index contributed by atoms with van der Waals surface area (Å²) in [5.41, 5.74) is 1.99.